The molecule has 0 heterocycles. The van der Waals surface area contributed by atoms with E-state index in [1.165, 1.54) is 19.3 Å². The van der Waals surface area contributed by atoms with Gasteiger partial charge >= 0.3 is 0 Å². The van der Waals surface area contributed by atoms with Gasteiger partial charge in [0.05, 0.1) is 12.2 Å². The van der Waals surface area contributed by atoms with Crippen molar-refractivity contribution in [2.45, 2.75) is 119 Å². The lowest BCUT2D eigenvalue weighted by Crippen LogP contribution is -2.22. The highest BCUT2D eigenvalue weighted by molar-refractivity contribution is 5.83. The van der Waals surface area contributed by atoms with Gasteiger partial charge in [-0.2, -0.15) is 0 Å². The van der Waals surface area contributed by atoms with Gasteiger partial charge in [0.2, 0.25) is 0 Å². The fraction of sp³-hybridized carbons (Fsp3) is 0.706. The maximum Gasteiger partial charge on any atom is 0.139 e. The fourth-order valence-electron chi connectivity index (χ4n) is 4.69. The minimum absolute atomic E-state index is 0.0577. The number of aliphatic hydroxyl groups is 1. The van der Waals surface area contributed by atoms with Crippen molar-refractivity contribution >= 4 is 11.6 Å². The van der Waals surface area contributed by atoms with Crippen LogP contribution in [0.4, 0.5) is 0 Å². The van der Waals surface area contributed by atoms with Gasteiger partial charge in [-0.25, -0.2) is 0 Å². The zero-order valence-corrected chi connectivity index (χ0v) is 26.1. The Labute approximate surface area is 234 Å². The van der Waals surface area contributed by atoms with Gasteiger partial charge in [-0.1, -0.05) is 90.8 Å². The number of hydrogen-bond acceptors (Lipinski definition) is 4. The molecule has 4 heteroatoms. The molecule has 0 bridgehead atoms. The van der Waals surface area contributed by atoms with Crippen LogP contribution in [0, 0.1) is 29.6 Å². The van der Waals surface area contributed by atoms with Gasteiger partial charge in [0.15, 0.2) is 0 Å². The number of Topliss-reactive ketones (excluding diaryl/α,β-unsaturated/α-hetero) is 2. The van der Waals surface area contributed by atoms with Crippen molar-refractivity contribution in [2.75, 3.05) is 7.11 Å². The minimum atomic E-state index is -0.840. The summed E-state index contributed by atoms with van der Waals surface area (Å²) < 4.78 is 5.29. The molecule has 4 nitrogen and oxygen atoms in total. The van der Waals surface area contributed by atoms with E-state index in [0.717, 1.165) is 24.3 Å². The van der Waals surface area contributed by atoms with Crippen LogP contribution in [0.5, 0.6) is 0 Å². The SMILES string of the molecule is CCC(CC)CC(C)CCC(=O)C(C)/C=C(\C)C(O)CC(=O)[C@H](C)C[C@H](C)/C=C/C=C/C=C(\C)C(C)OC. The number of hydrogen-bond donors (Lipinski definition) is 1. The van der Waals surface area contributed by atoms with Crippen LogP contribution in [0.1, 0.15) is 107 Å². The molecule has 0 aliphatic carbocycles. The summed E-state index contributed by atoms with van der Waals surface area (Å²) in [6, 6.07) is 0. The third-order valence-corrected chi connectivity index (χ3v) is 8.01. The van der Waals surface area contributed by atoms with E-state index in [9.17, 15) is 14.7 Å². The van der Waals surface area contributed by atoms with E-state index in [1.807, 2.05) is 65.0 Å². The minimum Gasteiger partial charge on any atom is -0.388 e. The summed E-state index contributed by atoms with van der Waals surface area (Å²) in [5, 5.41) is 10.6. The molecule has 218 valence electrons. The number of ketones is 2. The third kappa shape index (κ3) is 15.6. The summed E-state index contributed by atoms with van der Waals surface area (Å²) in [5.74, 6) is 1.43. The first-order valence-electron chi connectivity index (χ1n) is 14.8. The highest BCUT2D eigenvalue weighted by Gasteiger charge is 2.21. The van der Waals surface area contributed by atoms with Crippen molar-refractivity contribution in [2.24, 2.45) is 29.6 Å². The molecular weight excluding hydrogens is 472 g/mol. The molecule has 0 saturated carbocycles. The average Bonchev–Trinajstić information content (AvgIpc) is 2.88. The van der Waals surface area contributed by atoms with Crippen LogP contribution in [-0.4, -0.2) is 36.0 Å². The molecule has 0 aliphatic rings. The second-order valence-electron chi connectivity index (χ2n) is 11.6. The first kappa shape index (κ1) is 36.2. The number of carbonyl (C=O) groups is 2. The average molecular weight is 531 g/mol. The molecule has 0 rings (SSSR count). The van der Waals surface area contributed by atoms with Gasteiger partial charge in [-0.3, -0.25) is 9.59 Å². The second-order valence-corrected chi connectivity index (χ2v) is 11.6. The topological polar surface area (TPSA) is 63.6 Å². The monoisotopic (exact) mass is 530 g/mol. The van der Waals surface area contributed by atoms with E-state index >= 15 is 0 Å². The molecule has 0 saturated heterocycles. The van der Waals surface area contributed by atoms with Crippen LogP contribution in [-0.2, 0) is 14.3 Å². The lowest BCUT2D eigenvalue weighted by atomic mass is 9.87. The van der Waals surface area contributed by atoms with E-state index < -0.39 is 6.10 Å². The summed E-state index contributed by atoms with van der Waals surface area (Å²) in [6.07, 6.45) is 17.1. The predicted molar refractivity (Wildman–Crippen MR) is 162 cm³/mol. The Kier molecular flexibility index (Phi) is 19.2. The van der Waals surface area contributed by atoms with Crippen LogP contribution in [0.15, 0.2) is 47.6 Å². The van der Waals surface area contributed by atoms with Gasteiger partial charge in [-0.05, 0) is 68.9 Å². The van der Waals surface area contributed by atoms with Crippen LogP contribution in [0.25, 0.3) is 0 Å². The molecule has 0 amide bonds. The van der Waals surface area contributed by atoms with Gasteiger partial charge in [0.25, 0.3) is 0 Å². The predicted octanol–water partition coefficient (Wildman–Crippen LogP) is 8.46. The number of aliphatic hydroxyl groups excluding tert-OH is 1. The lowest BCUT2D eigenvalue weighted by Gasteiger charge is -2.19. The smallest absolute Gasteiger partial charge is 0.139 e. The molecule has 0 fully saturated rings. The van der Waals surface area contributed by atoms with Gasteiger partial charge in [0, 0.05) is 31.8 Å². The lowest BCUT2D eigenvalue weighted by molar-refractivity contribution is -0.124. The molecule has 1 N–H and O–H groups in total. The summed E-state index contributed by atoms with van der Waals surface area (Å²) in [5.41, 5.74) is 1.87. The molecule has 0 aliphatic heterocycles. The van der Waals surface area contributed by atoms with E-state index in [-0.39, 0.29) is 41.8 Å². The number of rotatable bonds is 20. The first-order valence-corrected chi connectivity index (χ1v) is 14.8. The number of allylic oxidation sites excluding steroid dienone is 6. The molecule has 6 atom stereocenters. The van der Waals surface area contributed by atoms with E-state index in [2.05, 4.69) is 33.8 Å². The highest BCUT2D eigenvalue weighted by Crippen LogP contribution is 2.23. The Bertz CT molecular complexity index is 799. The van der Waals surface area contributed by atoms with Gasteiger partial charge in [-0.15, -0.1) is 0 Å². The largest absolute Gasteiger partial charge is 0.388 e. The van der Waals surface area contributed by atoms with E-state index in [1.54, 1.807) is 7.11 Å². The van der Waals surface area contributed by atoms with Crippen molar-refractivity contribution in [3.05, 3.63) is 47.6 Å². The summed E-state index contributed by atoms with van der Waals surface area (Å²) in [6.45, 7) is 18.5. The van der Waals surface area contributed by atoms with E-state index in [4.69, 9.17) is 4.74 Å². The van der Waals surface area contributed by atoms with Crippen LogP contribution < -0.4 is 0 Å². The summed E-state index contributed by atoms with van der Waals surface area (Å²) >= 11 is 0. The molecule has 0 aromatic rings. The van der Waals surface area contributed by atoms with Crippen molar-refractivity contribution in [1.29, 1.82) is 0 Å². The maximum absolute atomic E-state index is 12.8. The number of ether oxygens (including phenoxy) is 1. The Morgan fingerprint density at radius 2 is 1.50 bits per heavy atom. The van der Waals surface area contributed by atoms with Crippen molar-refractivity contribution in [1.82, 2.24) is 0 Å². The van der Waals surface area contributed by atoms with Crippen molar-refractivity contribution in [3.63, 3.8) is 0 Å². The van der Waals surface area contributed by atoms with Crippen LogP contribution in [0.3, 0.4) is 0 Å². The Morgan fingerprint density at radius 3 is 2.08 bits per heavy atom. The zero-order valence-electron chi connectivity index (χ0n) is 26.1. The molecule has 0 radical (unpaired) electrons. The quantitative estimate of drug-likeness (QED) is 0.127. The first-order chi connectivity index (χ1) is 17.9. The zero-order chi connectivity index (χ0) is 29.3. The second kappa shape index (κ2) is 20.2. The standard InChI is InChI=1S/C34H58O4/c1-11-31(12-2)21-25(4)18-19-32(35)28(7)22-29(8)34(37)23-33(36)27(6)20-24(3)16-14-13-15-17-26(5)30(9)38-10/h13-17,22,24-25,27-28,30-31,34,37H,11-12,18-21,23H2,1-10H3/b15-13+,16-14+,26-17+,29-22+/t24-,25?,27-,28?,30?,34?/m1/s1. The number of carbonyl (C=O) groups excluding carboxylic acids is 2. The summed E-state index contributed by atoms with van der Waals surface area (Å²) in [4.78, 5) is 25.4. The molecule has 0 aromatic heterocycles. The molecule has 0 spiro atoms. The van der Waals surface area contributed by atoms with Gasteiger partial charge in [0.1, 0.15) is 11.6 Å². The Morgan fingerprint density at radius 1 is 0.868 bits per heavy atom. The van der Waals surface area contributed by atoms with E-state index in [0.29, 0.717) is 17.9 Å². The molecule has 38 heavy (non-hydrogen) atoms. The Balaban J connectivity index is 4.67. The van der Waals surface area contributed by atoms with Crippen molar-refractivity contribution < 1.29 is 19.4 Å². The molecule has 4 unspecified atom stereocenters. The third-order valence-electron chi connectivity index (χ3n) is 8.01. The number of methoxy groups -OCH3 is 1. The van der Waals surface area contributed by atoms with Crippen LogP contribution >= 0.6 is 0 Å². The highest BCUT2D eigenvalue weighted by atomic mass is 16.5. The fourth-order valence-corrected chi connectivity index (χ4v) is 4.69. The maximum atomic E-state index is 12.8. The van der Waals surface area contributed by atoms with Gasteiger partial charge < -0.3 is 9.84 Å². The normalized spacial score (nSPS) is 18.1. The molecular formula is C34H58O4. The van der Waals surface area contributed by atoms with Crippen LogP contribution in [0.2, 0.25) is 0 Å². The molecule has 0 aromatic carbocycles. The Hall–Kier alpha value is -1.78. The summed E-state index contributed by atoms with van der Waals surface area (Å²) in [7, 11) is 1.70. The van der Waals surface area contributed by atoms with Crippen molar-refractivity contribution in [3.8, 4) is 0 Å².